The third-order valence-corrected chi connectivity index (χ3v) is 2.57. The van der Waals surface area contributed by atoms with E-state index in [9.17, 15) is 0 Å². The molecule has 0 fully saturated rings. The normalized spacial score (nSPS) is 11.2. The minimum atomic E-state index is 1.10. The minimum Gasteiger partial charge on any atom is -0.354 e. The molecule has 0 bridgehead atoms. The number of fused-ring (bicyclic) bond motifs is 3. The van der Waals surface area contributed by atoms with Gasteiger partial charge in [0.05, 0.1) is 5.52 Å². The van der Waals surface area contributed by atoms with E-state index in [1.54, 1.807) is 0 Å². The van der Waals surface area contributed by atoms with Gasteiger partial charge in [0.25, 0.3) is 0 Å². The van der Waals surface area contributed by atoms with Crippen molar-refractivity contribution in [2.75, 3.05) is 0 Å². The quantitative estimate of drug-likeness (QED) is 0.545. The van der Waals surface area contributed by atoms with E-state index in [-0.39, 0.29) is 0 Å². The van der Waals surface area contributed by atoms with Gasteiger partial charge in [0, 0.05) is 22.4 Å². The van der Waals surface area contributed by atoms with Gasteiger partial charge in [-0.3, -0.25) is 0 Å². The summed E-state index contributed by atoms with van der Waals surface area (Å²) in [7, 11) is 0. The number of aromatic nitrogens is 1. The topological polar surface area (TPSA) is 15.8 Å². The molecule has 1 nitrogen and oxygen atoms in total. The Bertz CT molecular complexity index is 605. The van der Waals surface area contributed by atoms with E-state index in [4.69, 9.17) is 0 Å². The first-order valence-corrected chi connectivity index (χ1v) is 4.74. The summed E-state index contributed by atoms with van der Waals surface area (Å²) in [5, 5.41) is 2.53. The lowest BCUT2D eigenvalue weighted by Gasteiger charge is -1.91. The molecular formula is C13H10N. The number of H-pyrrole nitrogens is 1. The van der Waals surface area contributed by atoms with Gasteiger partial charge in [0.1, 0.15) is 0 Å². The molecule has 0 aliphatic heterocycles. The van der Waals surface area contributed by atoms with Gasteiger partial charge in [0.2, 0.25) is 0 Å². The molecule has 1 radical (unpaired) electrons. The van der Waals surface area contributed by atoms with Gasteiger partial charge in [-0.25, -0.2) is 0 Å². The molecular weight excluding hydrogens is 170 g/mol. The molecule has 0 unspecified atom stereocenters. The molecule has 1 N–H and O–H groups in total. The fraction of sp³-hybridized carbons (Fsp3) is 0.0769. The van der Waals surface area contributed by atoms with Crippen LogP contribution in [0, 0.1) is 13.0 Å². The van der Waals surface area contributed by atoms with Gasteiger partial charge in [-0.2, -0.15) is 0 Å². The number of para-hydroxylation sites is 1. The lowest BCUT2D eigenvalue weighted by atomic mass is 10.1. The maximum atomic E-state index is 3.36. The molecule has 3 rings (SSSR count). The van der Waals surface area contributed by atoms with E-state index in [0.29, 0.717) is 0 Å². The average Bonchev–Trinajstić information content (AvgIpc) is 2.54. The predicted octanol–water partition coefficient (Wildman–Crippen LogP) is 3.43. The SMILES string of the molecule is Cc1[c]c2[nH]c3ccccc3c2cc1. The molecule has 2 aromatic carbocycles. The second-order valence-electron chi connectivity index (χ2n) is 3.60. The summed E-state index contributed by atoms with van der Waals surface area (Å²) in [6.07, 6.45) is 0. The Kier molecular flexibility index (Phi) is 1.42. The third-order valence-electron chi connectivity index (χ3n) is 2.57. The first-order chi connectivity index (χ1) is 6.84. The molecule has 0 saturated heterocycles. The lowest BCUT2D eigenvalue weighted by molar-refractivity contribution is 1.46. The molecule has 0 aliphatic carbocycles. The zero-order valence-electron chi connectivity index (χ0n) is 7.96. The Morgan fingerprint density at radius 3 is 2.79 bits per heavy atom. The van der Waals surface area contributed by atoms with Gasteiger partial charge < -0.3 is 4.98 Å². The first-order valence-electron chi connectivity index (χ1n) is 4.74. The van der Waals surface area contributed by atoms with E-state index < -0.39 is 0 Å². The Hall–Kier alpha value is -1.76. The number of benzene rings is 2. The molecule has 3 aromatic rings. The van der Waals surface area contributed by atoms with E-state index in [1.165, 1.54) is 21.9 Å². The maximum absolute atomic E-state index is 3.36. The minimum absolute atomic E-state index is 1.10. The van der Waals surface area contributed by atoms with Crippen molar-refractivity contribution in [1.82, 2.24) is 4.98 Å². The summed E-state index contributed by atoms with van der Waals surface area (Å²) in [5.74, 6) is 0. The Labute approximate surface area is 82.4 Å². The molecule has 67 valence electrons. The van der Waals surface area contributed by atoms with Crippen LogP contribution in [0.3, 0.4) is 0 Å². The van der Waals surface area contributed by atoms with Crippen LogP contribution in [0.4, 0.5) is 0 Å². The van der Waals surface area contributed by atoms with Crippen molar-refractivity contribution in [3.63, 3.8) is 0 Å². The summed E-state index contributed by atoms with van der Waals surface area (Å²) < 4.78 is 0. The molecule has 1 heteroatoms. The van der Waals surface area contributed by atoms with Gasteiger partial charge in [-0.05, 0) is 18.6 Å². The van der Waals surface area contributed by atoms with Crippen molar-refractivity contribution < 1.29 is 0 Å². The fourth-order valence-corrected chi connectivity index (χ4v) is 1.88. The Morgan fingerprint density at radius 1 is 1.00 bits per heavy atom. The van der Waals surface area contributed by atoms with Crippen molar-refractivity contribution in [3.8, 4) is 0 Å². The van der Waals surface area contributed by atoms with Crippen LogP contribution in [0.1, 0.15) is 5.56 Å². The fourth-order valence-electron chi connectivity index (χ4n) is 1.88. The third kappa shape index (κ3) is 0.956. The number of aryl methyl sites for hydroxylation is 1. The van der Waals surface area contributed by atoms with Crippen LogP contribution >= 0.6 is 0 Å². The molecule has 14 heavy (non-hydrogen) atoms. The van der Waals surface area contributed by atoms with Crippen LogP contribution in [-0.4, -0.2) is 4.98 Å². The summed E-state index contributed by atoms with van der Waals surface area (Å²) in [5.41, 5.74) is 3.46. The standard InChI is InChI=1S/C13H10N/c1-9-6-7-11-10-4-2-3-5-12(10)14-13(11)8-9/h2-7,14H,1H3. The number of rotatable bonds is 0. The number of hydrogen-bond acceptors (Lipinski definition) is 0. The summed E-state index contributed by atoms with van der Waals surface area (Å²) in [6.45, 7) is 2.06. The van der Waals surface area contributed by atoms with E-state index in [0.717, 1.165) is 5.52 Å². The number of aromatic amines is 1. The van der Waals surface area contributed by atoms with Gasteiger partial charge in [-0.1, -0.05) is 30.3 Å². The summed E-state index contributed by atoms with van der Waals surface area (Å²) in [4.78, 5) is 3.36. The molecule has 0 aliphatic rings. The van der Waals surface area contributed by atoms with Gasteiger partial charge in [-0.15, -0.1) is 0 Å². The van der Waals surface area contributed by atoms with Crippen LogP contribution in [0.2, 0.25) is 0 Å². The molecule has 0 atom stereocenters. The zero-order chi connectivity index (χ0) is 9.54. The van der Waals surface area contributed by atoms with E-state index in [1.807, 2.05) is 6.07 Å². The van der Waals surface area contributed by atoms with Crippen molar-refractivity contribution in [3.05, 3.63) is 48.0 Å². The van der Waals surface area contributed by atoms with Crippen LogP contribution in [-0.2, 0) is 0 Å². The second kappa shape index (κ2) is 2.61. The largest absolute Gasteiger partial charge is 0.354 e. The van der Waals surface area contributed by atoms with E-state index >= 15 is 0 Å². The number of nitrogens with one attached hydrogen (secondary N) is 1. The van der Waals surface area contributed by atoms with Crippen molar-refractivity contribution in [2.45, 2.75) is 6.92 Å². The van der Waals surface area contributed by atoms with Crippen LogP contribution < -0.4 is 0 Å². The van der Waals surface area contributed by atoms with Crippen molar-refractivity contribution in [2.24, 2.45) is 0 Å². The highest BCUT2D eigenvalue weighted by Gasteiger charge is 2.02. The number of hydrogen-bond donors (Lipinski definition) is 1. The predicted molar refractivity (Wildman–Crippen MR) is 59.4 cm³/mol. The van der Waals surface area contributed by atoms with Gasteiger partial charge in [0.15, 0.2) is 0 Å². The highest BCUT2D eigenvalue weighted by Crippen LogP contribution is 2.24. The summed E-state index contributed by atoms with van der Waals surface area (Å²) in [6, 6.07) is 15.9. The average molecular weight is 180 g/mol. The molecule has 0 saturated carbocycles. The maximum Gasteiger partial charge on any atom is 0.0548 e. The highest BCUT2D eigenvalue weighted by molar-refractivity contribution is 6.06. The van der Waals surface area contributed by atoms with Crippen LogP contribution in [0.15, 0.2) is 36.4 Å². The molecule has 1 heterocycles. The van der Waals surface area contributed by atoms with Crippen LogP contribution in [0.25, 0.3) is 21.8 Å². The Morgan fingerprint density at radius 2 is 1.86 bits per heavy atom. The van der Waals surface area contributed by atoms with Crippen molar-refractivity contribution >= 4 is 21.8 Å². The van der Waals surface area contributed by atoms with Gasteiger partial charge >= 0.3 is 0 Å². The highest BCUT2D eigenvalue weighted by atomic mass is 14.7. The monoisotopic (exact) mass is 180 g/mol. The Balaban J connectivity index is 2.57. The molecule has 0 amide bonds. The smallest absolute Gasteiger partial charge is 0.0548 e. The second-order valence-corrected chi connectivity index (χ2v) is 3.60. The zero-order valence-corrected chi connectivity index (χ0v) is 7.96. The molecule has 0 spiro atoms. The van der Waals surface area contributed by atoms with Crippen molar-refractivity contribution in [1.29, 1.82) is 0 Å². The van der Waals surface area contributed by atoms with Crippen LogP contribution in [0.5, 0.6) is 0 Å². The molecule has 1 aromatic heterocycles. The lowest BCUT2D eigenvalue weighted by Crippen LogP contribution is -1.71. The van der Waals surface area contributed by atoms with E-state index in [2.05, 4.69) is 48.3 Å². The first kappa shape index (κ1) is 7.63. The summed E-state index contributed by atoms with van der Waals surface area (Å²) >= 11 is 0.